The zero-order valence-corrected chi connectivity index (χ0v) is 16.1. The number of rotatable bonds is 6. The summed E-state index contributed by atoms with van der Waals surface area (Å²) in [6, 6.07) is 9.10. The highest BCUT2D eigenvalue weighted by atomic mass is 16.7. The maximum absolute atomic E-state index is 12.9. The van der Waals surface area contributed by atoms with Gasteiger partial charge in [0.15, 0.2) is 12.0 Å². The molecule has 0 saturated carbocycles. The minimum atomic E-state index is -0.569. The highest BCUT2D eigenvalue weighted by Gasteiger charge is 2.19. The van der Waals surface area contributed by atoms with Crippen molar-refractivity contribution in [3.05, 3.63) is 59.4 Å². The number of imidazole rings is 1. The van der Waals surface area contributed by atoms with Gasteiger partial charge in [0.1, 0.15) is 28.0 Å². The molecule has 0 spiro atoms. The molecule has 148 valence electrons. The SMILES string of the molecule is COC(C)Oc1cnc(-c2cn(C)cn2)c2nc(Oc3ccccc3)[nH]c(=O)c12. The van der Waals surface area contributed by atoms with Gasteiger partial charge in [0.2, 0.25) is 0 Å². The zero-order valence-electron chi connectivity index (χ0n) is 16.1. The van der Waals surface area contributed by atoms with Gasteiger partial charge < -0.3 is 18.8 Å². The van der Waals surface area contributed by atoms with Crippen LogP contribution in [0.1, 0.15) is 6.92 Å². The van der Waals surface area contributed by atoms with Crippen LogP contribution in [0.25, 0.3) is 22.3 Å². The second-order valence-corrected chi connectivity index (χ2v) is 6.33. The maximum Gasteiger partial charge on any atom is 0.302 e. The van der Waals surface area contributed by atoms with Crippen molar-refractivity contribution in [2.45, 2.75) is 13.2 Å². The third kappa shape index (κ3) is 3.81. The lowest BCUT2D eigenvalue weighted by atomic mass is 10.2. The first kappa shape index (κ1) is 18.6. The summed E-state index contributed by atoms with van der Waals surface area (Å²) in [5, 5.41) is 0.241. The Labute approximate surface area is 165 Å². The Morgan fingerprint density at radius 3 is 2.66 bits per heavy atom. The third-order valence-corrected chi connectivity index (χ3v) is 4.21. The fraction of sp³-hybridized carbons (Fsp3) is 0.200. The molecule has 29 heavy (non-hydrogen) atoms. The van der Waals surface area contributed by atoms with Gasteiger partial charge in [-0.1, -0.05) is 18.2 Å². The summed E-state index contributed by atoms with van der Waals surface area (Å²) in [5.41, 5.74) is 0.924. The predicted molar refractivity (Wildman–Crippen MR) is 106 cm³/mol. The van der Waals surface area contributed by atoms with Gasteiger partial charge in [0.25, 0.3) is 5.56 Å². The lowest BCUT2D eigenvalue weighted by Crippen LogP contribution is -2.17. The van der Waals surface area contributed by atoms with Crippen molar-refractivity contribution in [3.8, 4) is 28.9 Å². The van der Waals surface area contributed by atoms with Crippen LogP contribution < -0.4 is 15.0 Å². The van der Waals surface area contributed by atoms with Gasteiger partial charge in [-0.15, -0.1) is 0 Å². The van der Waals surface area contributed by atoms with Crippen LogP contribution in [0.2, 0.25) is 0 Å². The van der Waals surface area contributed by atoms with Gasteiger partial charge >= 0.3 is 6.01 Å². The normalized spacial score (nSPS) is 12.1. The third-order valence-electron chi connectivity index (χ3n) is 4.21. The van der Waals surface area contributed by atoms with Crippen molar-refractivity contribution in [1.29, 1.82) is 0 Å². The van der Waals surface area contributed by atoms with E-state index in [1.807, 2.05) is 25.2 Å². The van der Waals surface area contributed by atoms with Crippen molar-refractivity contribution in [2.24, 2.45) is 7.05 Å². The maximum atomic E-state index is 12.9. The molecule has 1 aromatic carbocycles. The first-order valence-electron chi connectivity index (χ1n) is 8.89. The fourth-order valence-electron chi connectivity index (χ4n) is 2.79. The second-order valence-electron chi connectivity index (χ2n) is 6.33. The minimum Gasteiger partial charge on any atom is -0.463 e. The van der Waals surface area contributed by atoms with Crippen molar-refractivity contribution >= 4 is 10.9 Å². The molecule has 1 N–H and O–H groups in total. The number of benzene rings is 1. The number of methoxy groups -OCH3 is 1. The Morgan fingerprint density at radius 1 is 1.17 bits per heavy atom. The Kier molecular flexibility index (Phi) is 4.96. The lowest BCUT2D eigenvalue weighted by molar-refractivity contribution is -0.0375. The monoisotopic (exact) mass is 393 g/mol. The van der Waals surface area contributed by atoms with Gasteiger partial charge in [-0.05, 0) is 19.1 Å². The molecule has 4 aromatic rings. The standard InChI is InChI=1S/C20H19N5O4/c1-12(27-3)28-15-9-21-17(14-10-25(2)11-22-14)18-16(15)19(26)24-20(23-18)29-13-7-5-4-6-8-13/h4-12H,1-3H3,(H,23,24,26). The van der Waals surface area contributed by atoms with E-state index in [1.165, 1.54) is 13.3 Å². The van der Waals surface area contributed by atoms with E-state index in [1.54, 1.807) is 36.1 Å². The molecule has 0 amide bonds. The van der Waals surface area contributed by atoms with Crippen LogP contribution >= 0.6 is 0 Å². The quantitative estimate of drug-likeness (QED) is 0.502. The van der Waals surface area contributed by atoms with E-state index in [0.29, 0.717) is 22.7 Å². The van der Waals surface area contributed by atoms with Gasteiger partial charge in [-0.2, -0.15) is 4.98 Å². The van der Waals surface area contributed by atoms with Crippen LogP contribution in [0.5, 0.6) is 17.5 Å². The number of aromatic nitrogens is 5. The van der Waals surface area contributed by atoms with Crippen LogP contribution in [-0.4, -0.2) is 37.9 Å². The number of pyridine rings is 1. The summed E-state index contributed by atoms with van der Waals surface area (Å²) in [7, 11) is 3.36. The van der Waals surface area contributed by atoms with Crippen LogP contribution in [0.15, 0.2) is 53.8 Å². The second kappa shape index (κ2) is 7.72. The largest absolute Gasteiger partial charge is 0.463 e. The molecule has 9 nitrogen and oxygen atoms in total. The molecule has 0 aliphatic carbocycles. The molecule has 9 heteroatoms. The van der Waals surface area contributed by atoms with Crippen LogP contribution in [-0.2, 0) is 11.8 Å². The van der Waals surface area contributed by atoms with Crippen molar-refractivity contribution in [1.82, 2.24) is 24.5 Å². The molecule has 1 atom stereocenters. The van der Waals surface area contributed by atoms with E-state index in [2.05, 4.69) is 19.9 Å². The van der Waals surface area contributed by atoms with Crippen LogP contribution in [0, 0.1) is 0 Å². The number of para-hydroxylation sites is 1. The highest BCUT2D eigenvalue weighted by Crippen LogP contribution is 2.30. The number of hydrogen-bond donors (Lipinski definition) is 1. The Balaban J connectivity index is 1.90. The Bertz CT molecular complexity index is 1200. The summed E-state index contributed by atoms with van der Waals surface area (Å²) in [6.07, 6.45) is 4.34. The Hall–Kier alpha value is -3.72. The average molecular weight is 393 g/mol. The molecule has 0 aliphatic heterocycles. The number of ether oxygens (including phenoxy) is 3. The lowest BCUT2D eigenvalue weighted by Gasteiger charge is -2.15. The van der Waals surface area contributed by atoms with Gasteiger partial charge in [-0.3, -0.25) is 9.78 Å². The van der Waals surface area contributed by atoms with Gasteiger partial charge in [0, 0.05) is 20.4 Å². The molecule has 4 rings (SSSR count). The number of nitrogens with zero attached hydrogens (tertiary/aromatic N) is 4. The number of H-pyrrole nitrogens is 1. The van der Waals surface area contributed by atoms with Gasteiger partial charge in [-0.25, -0.2) is 9.97 Å². The molecule has 0 bridgehead atoms. The van der Waals surface area contributed by atoms with Crippen molar-refractivity contribution in [2.75, 3.05) is 7.11 Å². The van der Waals surface area contributed by atoms with E-state index in [0.717, 1.165) is 0 Å². The van der Waals surface area contributed by atoms with E-state index in [4.69, 9.17) is 14.2 Å². The first-order valence-corrected chi connectivity index (χ1v) is 8.89. The Morgan fingerprint density at radius 2 is 1.97 bits per heavy atom. The number of hydrogen-bond acceptors (Lipinski definition) is 7. The number of nitrogens with one attached hydrogen (secondary N) is 1. The summed E-state index contributed by atoms with van der Waals surface area (Å²) in [5.74, 6) is 0.803. The number of aromatic amines is 1. The van der Waals surface area contributed by atoms with Crippen molar-refractivity contribution < 1.29 is 14.2 Å². The van der Waals surface area contributed by atoms with E-state index in [9.17, 15) is 4.79 Å². The molecule has 3 heterocycles. The summed E-state index contributed by atoms with van der Waals surface area (Å²) < 4.78 is 18.3. The fourth-order valence-corrected chi connectivity index (χ4v) is 2.79. The average Bonchev–Trinajstić information content (AvgIpc) is 3.14. The predicted octanol–water partition coefficient (Wildman–Crippen LogP) is 2.88. The summed E-state index contributed by atoms with van der Waals surface area (Å²) >= 11 is 0. The molecule has 0 radical (unpaired) electrons. The number of aryl methyl sites for hydroxylation is 1. The smallest absolute Gasteiger partial charge is 0.302 e. The summed E-state index contributed by atoms with van der Waals surface area (Å²) in [4.78, 5) is 28.8. The molecular weight excluding hydrogens is 374 g/mol. The molecule has 0 aliphatic rings. The molecule has 3 aromatic heterocycles. The first-order chi connectivity index (χ1) is 14.0. The topological polar surface area (TPSA) is 104 Å². The molecule has 1 unspecified atom stereocenters. The van der Waals surface area contributed by atoms with E-state index < -0.39 is 11.8 Å². The molecular formula is C20H19N5O4. The highest BCUT2D eigenvalue weighted by molar-refractivity contribution is 5.93. The minimum absolute atomic E-state index is 0.0459. The molecule has 0 saturated heterocycles. The van der Waals surface area contributed by atoms with Crippen LogP contribution in [0.3, 0.4) is 0 Å². The van der Waals surface area contributed by atoms with Gasteiger partial charge in [0.05, 0.1) is 12.5 Å². The number of fused-ring (bicyclic) bond motifs is 1. The zero-order chi connectivity index (χ0) is 20.4. The van der Waals surface area contributed by atoms with E-state index >= 15 is 0 Å². The van der Waals surface area contributed by atoms with E-state index in [-0.39, 0.29) is 17.1 Å². The van der Waals surface area contributed by atoms with Crippen LogP contribution in [0.4, 0.5) is 0 Å². The molecule has 0 fully saturated rings. The summed E-state index contributed by atoms with van der Waals surface area (Å²) in [6.45, 7) is 1.72. The van der Waals surface area contributed by atoms with Crippen molar-refractivity contribution in [3.63, 3.8) is 0 Å².